The van der Waals surface area contributed by atoms with E-state index in [1.165, 1.54) is 0 Å². The Morgan fingerprint density at radius 1 is 1.45 bits per heavy atom. The van der Waals surface area contributed by atoms with E-state index in [-0.39, 0.29) is 5.91 Å². The average molecular weight is 337 g/mol. The third-order valence-corrected chi connectivity index (χ3v) is 3.69. The second kappa shape index (κ2) is 6.09. The van der Waals surface area contributed by atoms with Crippen molar-refractivity contribution in [1.29, 1.82) is 0 Å². The molecule has 6 heteroatoms. The van der Waals surface area contributed by atoms with Gasteiger partial charge in [0.1, 0.15) is 5.84 Å². The minimum Gasteiger partial charge on any atom is -0.402 e. The maximum atomic E-state index is 11.5. The Kier molecular flexibility index (Phi) is 4.44. The molecule has 5 nitrogen and oxygen atoms in total. The molecule has 0 saturated heterocycles. The summed E-state index contributed by atoms with van der Waals surface area (Å²) in [6.45, 7) is 2.60. The van der Waals surface area contributed by atoms with E-state index in [0.29, 0.717) is 31.0 Å². The van der Waals surface area contributed by atoms with Crippen molar-refractivity contribution in [3.05, 3.63) is 40.0 Å². The molecule has 2 rings (SSSR count). The van der Waals surface area contributed by atoms with Crippen molar-refractivity contribution < 1.29 is 4.79 Å². The van der Waals surface area contributed by atoms with Gasteiger partial charge in [-0.2, -0.15) is 0 Å². The average Bonchev–Trinajstić information content (AvgIpc) is 2.38. The van der Waals surface area contributed by atoms with Crippen LogP contribution >= 0.6 is 15.9 Å². The van der Waals surface area contributed by atoms with E-state index < -0.39 is 0 Å². The van der Waals surface area contributed by atoms with Crippen LogP contribution in [0.5, 0.6) is 0 Å². The van der Waals surface area contributed by atoms with Crippen LogP contribution in [0.1, 0.15) is 13.3 Å². The number of benzene rings is 1. The first kappa shape index (κ1) is 14.6. The number of carbonyl (C=O) groups is 1. The van der Waals surface area contributed by atoms with Gasteiger partial charge < -0.3 is 16.4 Å². The molecule has 0 spiro atoms. The van der Waals surface area contributed by atoms with Gasteiger partial charge in [-0.25, -0.2) is 4.99 Å². The molecule has 4 N–H and O–H groups in total. The van der Waals surface area contributed by atoms with Crippen molar-refractivity contribution in [3.63, 3.8) is 0 Å². The fourth-order valence-corrected chi connectivity index (χ4v) is 2.43. The first-order valence-electron chi connectivity index (χ1n) is 6.30. The minimum atomic E-state index is 0.0188. The molecule has 1 heterocycles. The molecule has 106 valence electrons. The van der Waals surface area contributed by atoms with Crippen LogP contribution in [0, 0.1) is 0 Å². The summed E-state index contributed by atoms with van der Waals surface area (Å²) < 4.78 is 0.933. The van der Waals surface area contributed by atoms with Gasteiger partial charge >= 0.3 is 0 Å². The summed E-state index contributed by atoms with van der Waals surface area (Å²) in [6.07, 6.45) is 0.629. The predicted octanol–water partition coefficient (Wildman–Crippen LogP) is 1.90. The summed E-state index contributed by atoms with van der Waals surface area (Å²) in [4.78, 5) is 17.5. The molecule has 0 saturated carbocycles. The smallest absolute Gasteiger partial charge is 0.219 e. The van der Waals surface area contributed by atoms with Gasteiger partial charge in [-0.1, -0.05) is 22.0 Å². The first-order chi connectivity index (χ1) is 9.47. The van der Waals surface area contributed by atoms with Gasteiger partial charge in [-0.15, -0.1) is 0 Å². The van der Waals surface area contributed by atoms with E-state index in [0.717, 1.165) is 15.7 Å². The van der Waals surface area contributed by atoms with Gasteiger partial charge in [0.25, 0.3) is 0 Å². The molecule has 0 fully saturated rings. The molecule has 0 unspecified atom stereocenters. The third kappa shape index (κ3) is 3.39. The summed E-state index contributed by atoms with van der Waals surface area (Å²) in [6, 6.07) is 7.53. The molecule has 0 aliphatic carbocycles. The van der Waals surface area contributed by atoms with Crippen molar-refractivity contribution in [2.75, 3.05) is 13.1 Å². The van der Waals surface area contributed by atoms with Crippen molar-refractivity contribution in [2.45, 2.75) is 13.3 Å². The van der Waals surface area contributed by atoms with Gasteiger partial charge in [0, 0.05) is 35.6 Å². The number of nitrogens with zero attached hydrogens (tertiary/aromatic N) is 2. The van der Waals surface area contributed by atoms with Crippen LogP contribution in [0.2, 0.25) is 0 Å². The summed E-state index contributed by atoms with van der Waals surface area (Å²) in [5.74, 6) is 0.386. The highest BCUT2D eigenvalue weighted by atomic mass is 79.9. The largest absolute Gasteiger partial charge is 0.402 e. The molecule has 1 aromatic carbocycles. The van der Waals surface area contributed by atoms with E-state index in [2.05, 4.69) is 20.9 Å². The van der Waals surface area contributed by atoms with E-state index in [1.54, 1.807) is 11.8 Å². The van der Waals surface area contributed by atoms with E-state index >= 15 is 0 Å². The second-order valence-corrected chi connectivity index (χ2v) is 5.59. The number of hydrogen-bond donors (Lipinski definition) is 2. The van der Waals surface area contributed by atoms with E-state index in [4.69, 9.17) is 11.5 Å². The lowest BCUT2D eigenvalue weighted by atomic mass is 10.1. The van der Waals surface area contributed by atoms with Crippen LogP contribution in [0.25, 0.3) is 0 Å². The molecule has 0 radical (unpaired) electrons. The Morgan fingerprint density at radius 2 is 2.20 bits per heavy atom. The van der Waals surface area contributed by atoms with Crippen molar-refractivity contribution in [2.24, 2.45) is 16.5 Å². The topological polar surface area (TPSA) is 84.7 Å². The molecular formula is C14H17BrN4O. The molecule has 1 amide bonds. The lowest BCUT2D eigenvalue weighted by molar-refractivity contribution is -0.128. The van der Waals surface area contributed by atoms with Crippen molar-refractivity contribution in [1.82, 2.24) is 4.90 Å². The lowest BCUT2D eigenvalue weighted by Gasteiger charge is -2.28. The standard InChI is InChI=1S/C14H17BrN4O/c1-9(20)19-6-5-13(16)12(8-19)14(17)18-11-4-2-3-10(15)7-11/h2-4,7H,5-6,8,16H2,1H3,(H2,17,18). The predicted molar refractivity (Wildman–Crippen MR) is 83.5 cm³/mol. The number of halogens is 1. The molecule has 1 aliphatic heterocycles. The maximum Gasteiger partial charge on any atom is 0.219 e. The Bertz CT molecular complexity index is 595. The Morgan fingerprint density at radius 3 is 2.85 bits per heavy atom. The normalized spacial score (nSPS) is 16.5. The molecule has 0 aromatic heterocycles. The van der Waals surface area contributed by atoms with E-state index in [1.807, 2.05) is 24.3 Å². The van der Waals surface area contributed by atoms with Gasteiger partial charge in [0.15, 0.2) is 0 Å². The zero-order chi connectivity index (χ0) is 14.7. The van der Waals surface area contributed by atoms with Crippen LogP contribution in [0.4, 0.5) is 5.69 Å². The van der Waals surface area contributed by atoms with Crippen molar-refractivity contribution in [3.8, 4) is 0 Å². The van der Waals surface area contributed by atoms with Gasteiger partial charge in [0.2, 0.25) is 5.91 Å². The third-order valence-electron chi connectivity index (χ3n) is 3.20. The van der Waals surface area contributed by atoms with Crippen LogP contribution in [-0.2, 0) is 4.79 Å². The number of nitrogens with two attached hydrogens (primary N) is 2. The number of amides is 1. The number of carbonyl (C=O) groups excluding carboxylic acids is 1. The Hall–Kier alpha value is -1.82. The Labute approximate surface area is 126 Å². The molecule has 1 aromatic rings. The molecule has 0 bridgehead atoms. The van der Waals surface area contributed by atoms with Gasteiger partial charge in [-0.3, -0.25) is 4.79 Å². The fourth-order valence-electron chi connectivity index (χ4n) is 2.04. The summed E-state index contributed by atoms with van der Waals surface area (Å²) in [5.41, 5.74) is 14.2. The minimum absolute atomic E-state index is 0.0188. The zero-order valence-electron chi connectivity index (χ0n) is 11.3. The number of hydrogen-bond acceptors (Lipinski definition) is 3. The monoisotopic (exact) mass is 336 g/mol. The number of aliphatic imine (C=N–C) groups is 1. The quantitative estimate of drug-likeness (QED) is 0.639. The maximum absolute atomic E-state index is 11.5. The number of rotatable bonds is 2. The summed E-state index contributed by atoms with van der Waals surface area (Å²) in [7, 11) is 0. The zero-order valence-corrected chi connectivity index (χ0v) is 12.9. The summed E-state index contributed by atoms with van der Waals surface area (Å²) in [5, 5.41) is 0. The van der Waals surface area contributed by atoms with Crippen LogP contribution in [0.15, 0.2) is 45.0 Å². The lowest BCUT2D eigenvalue weighted by Crippen LogP contribution is -2.40. The molecule has 20 heavy (non-hydrogen) atoms. The number of amidine groups is 1. The SMILES string of the molecule is CC(=O)N1CCC(N)=C(C(N)=Nc2cccc(Br)c2)C1. The molecular weight excluding hydrogens is 320 g/mol. The van der Waals surface area contributed by atoms with E-state index in [9.17, 15) is 4.79 Å². The Balaban J connectivity index is 2.27. The van der Waals surface area contributed by atoms with Gasteiger partial charge in [0.05, 0.1) is 12.2 Å². The highest BCUT2D eigenvalue weighted by molar-refractivity contribution is 9.10. The highest BCUT2D eigenvalue weighted by Crippen LogP contribution is 2.20. The summed E-state index contributed by atoms with van der Waals surface area (Å²) >= 11 is 3.39. The van der Waals surface area contributed by atoms with Gasteiger partial charge in [-0.05, 0) is 18.2 Å². The van der Waals surface area contributed by atoms with Crippen LogP contribution in [-0.4, -0.2) is 29.7 Å². The first-order valence-corrected chi connectivity index (χ1v) is 7.10. The second-order valence-electron chi connectivity index (χ2n) is 4.67. The fraction of sp³-hybridized carbons (Fsp3) is 0.286. The van der Waals surface area contributed by atoms with Crippen LogP contribution in [0.3, 0.4) is 0 Å². The molecule has 0 atom stereocenters. The van der Waals surface area contributed by atoms with Crippen molar-refractivity contribution >= 4 is 33.4 Å². The molecule has 1 aliphatic rings. The highest BCUT2D eigenvalue weighted by Gasteiger charge is 2.21. The van der Waals surface area contributed by atoms with Crippen LogP contribution < -0.4 is 11.5 Å².